The number of rotatable bonds is 7. The van der Waals surface area contributed by atoms with Crippen molar-refractivity contribution in [2.24, 2.45) is 0 Å². The molecule has 1 heterocycles. The van der Waals surface area contributed by atoms with Crippen LogP contribution in [0.1, 0.15) is 37.0 Å². The fraction of sp³-hybridized carbons (Fsp3) is 0.571. The van der Waals surface area contributed by atoms with Gasteiger partial charge in [-0.3, -0.25) is 4.79 Å². The van der Waals surface area contributed by atoms with Crippen molar-refractivity contribution in [2.75, 3.05) is 25.5 Å². The van der Waals surface area contributed by atoms with Crippen molar-refractivity contribution < 1.29 is 9.90 Å². The molecule has 0 spiro atoms. The van der Waals surface area contributed by atoms with E-state index < -0.39 is 0 Å². The van der Waals surface area contributed by atoms with Crippen molar-refractivity contribution in [2.45, 2.75) is 32.7 Å². The molecule has 1 aromatic heterocycles. The van der Waals surface area contributed by atoms with Crippen LogP contribution in [0.25, 0.3) is 0 Å². The van der Waals surface area contributed by atoms with E-state index in [9.17, 15) is 4.79 Å². The molecule has 0 bridgehead atoms. The number of aliphatic hydroxyl groups excluding tert-OH is 1. The average molecular weight is 265 g/mol. The maximum Gasteiger partial charge on any atom is 0.254 e. The van der Waals surface area contributed by atoms with E-state index in [0.29, 0.717) is 17.9 Å². The molecule has 5 nitrogen and oxygen atoms in total. The highest BCUT2D eigenvalue weighted by molar-refractivity contribution is 5.95. The van der Waals surface area contributed by atoms with E-state index in [1.54, 1.807) is 30.3 Å². The van der Waals surface area contributed by atoms with E-state index in [1.807, 2.05) is 0 Å². The molecule has 0 aliphatic carbocycles. The first kappa shape index (κ1) is 15.4. The normalized spacial score (nSPS) is 10.6. The Morgan fingerprint density at radius 3 is 2.68 bits per heavy atom. The zero-order chi connectivity index (χ0) is 14.3. The summed E-state index contributed by atoms with van der Waals surface area (Å²) in [4.78, 5) is 18.4. The minimum absolute atomic E-state index is 0.0216. The summed E-state index contributed by atoms with van der Waals surface area (Å²) >= 11 is 0. The zero-order valence-electron chi connectivity index (χ0n) is 11.9. The summed E-state index contributed by atoms with van der Waals surface area (Å²) in [7, 11) is 1.77. The molecular formula is C14H23N3O2. The lowest BCUT2D eigenvalue weighted by Gasteiger charge is -2.30. The molecule has 0 aliphatic rings. The highest BCUT2D eigenvalue weighted by atomic mass is 16.3. The topological polar surface area (TPSA) is 65.5 Å². The predicted molar refractivity (Wildman–Crippen MR) is 76.3 cm³/mol. The van der Waals surface area contributed by atoms with Gasteiger partial charge in [-0.15, -0.1) is 0 Å². The molecule has 0 atom stereocenters. The molecule has 0 unspecified atom stereocenters. The third-order valence-electron chi connectivity index (χ3n) is 3.25. The fourth-order valence-electron chi connectivity index (χ4n) is 2.15. The Bertz CT molecular complexity index is 405. The largest absolute Gasteiger partial charge is 0.395 e. The Kier molecular flexibility index (Phi) is 6.29. The van der Waals surface area contributed by atoms with Crippen molar-refractivity contribution in [1.82, 2.24) is 9.88 Å². The number of nitrogens with one attached hydrogen (secondary N) is 1. The first-order chi connectivity index (χ1) is 9.17. The number of carbonyl (C=O) groups excluding carboxylic acids is 1. The second kappa shape index (κ2) is 7.74. The number of aliphatic hydroxyl groups is 1. The number of aromatic nitrogens is 1. The minimum atomic E-state index is -0.0540. The lowest BCUT2D eigenvalue weighted by Crippen LogP contribution is -2.41. The molecule has 1 amide bonds. The molecule has 1 aromatic rings. The van der Waals surface area contributed by atoms with Gasteiger partial charge in [0.2, 0.25) is 0 Å². The van der Waals surface area contributed by atoms with Crippen LogP contribution in [0.5, 0.6) is 0 Å². The summed E-state index contributed by atoms with van der Waals surface area (Å²) in [6.45, 7) is 4.45. The fourth-order valence-corrected chi connectivity index (χ4v) is 2.15. The van der Waals surface area contributed by atoms with Gasteiger partial charge < -0.3 is 15.3 Å². The number of hydrogen-bond donors (Lipinski definition) is 2. The summed E-state index contributed by atoms with van der Waals surface area (Å²) in [5.74, 6) is 0.612. The number of carbonyl (C=O) groups is 1. The van der Waals surface area contributed by atoms with Crippen LogP contribution in [-0.4, -0.2) is 47.1 Å². The van der Waals surface area contributed by atoms with E-state index in [2.05, 4.69) is 24.1 Å². The Balaban J connectivity index is 2.97. The molecular weight excluding hydrogens is 242 g/mol. The maximum atomic E-state index is 12.5. The first-order valence-corrected chi connectivity index (χ1v) is 6.73. The molecule has 0 radical (unpaired) electrons. The molecule has 0 aromatic carbocycles. The SMILES string of the molecule is CCC(CC)N(CCO)C(=O)c1ccnc(NC)c1. The highest BCUT2D eigenvalue weighted by Gasteiger charge is 2.22. The number of hydrogen-bond acceptors (Lipinski definition) is 4. The van der Waals surface area contributed by atoms with Crippen LogP contribution in [0, 0.1) is 0 Å². The van der Waals surface area contributed by atoms with Gasteiger partial charge in [0.15, 0.2) is 0 Å². The summed E-state index contributed by atoms with van der Waals surface area (Å²) in [6.07, 6.45) is 3.38. The maximum absolute atomic E-state index is 12.5. The van der Waals surface area contributed by atoms with Gasteiger partial charge in [-0.2, -0.15) is 0 Å². The van der Waals surface area contributed by atoms with Gasteiger partial charge in [-0.25, -0.2) is 4.98 Å². The van der Waals surface area contributed by atoms with Gasteiger partial charge in [0, 0.05) is 31.4 Å². The van der Waals surface area contributed by atoms with E-state index in [4.69, 9.17) is 5.11 Å². The predicted octanol–water partition coefficient (Wildman–Crippen LogP) is 1.75. The molecule has 0 saturated heterocycles. The summed E-state index contributed by atoms with van der Waals surface area (Å²) in [5.41, 5.74) is 0.597. The second-order valence-electron chi connectivity index (χ2n) is 4.37. The van der Waals surface area contributed by atoms with Crippen molar-refractivity contribution >= 4 is 11.7 Å². The van der Waals surface area contributed by atoms with E-state index in [1.165, 1.54) is 0 Å². The van der Waals surface area contributed by atoms with E-state index >= 15 is 0 Å². The van der Waals surface area contributed by atoms with Crippen molar-refractivity contribution in [3.8, 4) is 0 Å². The summed E-state index contributed by atoms with van der Waals surface area (Å²) in [6, 6.07) is 3.59. The van der Waals surface area contributed by atoms with Crippen LogP contribution in [-0.2, 0) is 0 Å². The quantitative estimate of drug-likeness (QED) is 0.788. The van der Waals surface area contributed by atoms with Gasteiger partial charge >= 0.3 is 0 Å². The molecule has 5 heteroatoms. The zero-order valence-corrected chi connectivity index (χ0v) is 11.9. The number of pyridine rings is 1. The van der Waals surface area contributed by atoms with Crippen molar-refractivity contribution in [3.63, 3.8) is 0 Å². The van der Waals surface area contributed by atoms with E-state index in [-0.39, 0.29) is 18.6 Å². The van der Waals surface area contributed by atoms with Crippen LogP contribution in [0.3, 0.4) is 0 Å². The number of nitrogens with zero attached hydrogens (tertiary/aromatic N) is 2. The standard InChI is InChI=1S/C14H23N3O2/c1-4-12(5-2)17(8-9-18)14(19)11-6-7-16-13(10-11)15-3/h6-7,10,12,18H,4-5,8-9H2,1-3H3,(H,15,16). The van der Waals surface area contributed by atoms with Crippen molar-refractivity contribution in [1.29, 1.82) is 0 Å². The lowest BCUT2D eigenvalue weighted by molar-refractivity contribution is 0.0622. The van der Waals surface area contributed by atoms with Crippen LogP contribution in [0.4, 0.5) is 5.82 Å². The smallest absolute Gasteiger partial charge is 0.254 e. The van der Waals surface area contributed by atoms with E-state index in [0.717, 1.165) is 12.8 Å². The van der Waals surface area contributed by atoms with Gasteiger partial charge in [-0.05, 0) is 25.0 Å². The Hall–Kier alpha value is -1.62. The Morgan fingerprint density at radius 2 is 2.16 bits per heavy atom. The molecule has 2 N–H and O–H groups in total. The van der Waals surface area contributed by atoms with Crippen molar-refractivity contribution in [3.05, 3.63) is 23.9 Å². The van der Waals surface area contributed by atoms with Crippen LogP contribution >= 0.6 is 0 Å². The Morgan fingerprint density at radius 1 is 1.47 bits per heavy atom. The van der Waals surface area contributed by atoms with Crippen LogP contribution in [0.2, 0.25) is 0 Å². The third-order valence-corrected chi connectivity index (χ3v) is 3.25. The first-order valence-electron chi connectivity index (χ1n) is 6.73. The highest BCUT2D eigenvalue weighted by Crippen LogP contribution is 2.15. The molecule has 0 fully saturated rings. The van der Waals surface area contributed by atoms with Crippen LogP contribution < -0.4 is 5.32 Å². The van der Waals surface area contributed by atoms with Gasteiger partial charge in [0.05, 0.1) is 6.61 Å². The summed E-state index contributed by atoms with van der Waals surface area (Å²) < 4.78 is 0. The summed E-state index contributed by atoms with van der Waals surface area (Å²) in [5, 5.41) is 12.1. The second-order valence-corrected chi connectivity index (χ2v) is 4.37. The molecule has 1 rings (SSSR count). The number of anilines is 1. The van der Waals surface area contributed by atoms with Gasteiger partial charge in [0.1, 0.15) is 5.82 Å². The molecule has 0 saturated carbocycles. The third kappa shape index (κ3) is 3.92. The minimum Gasteiger partial charge on any atom is -0.395 e. The monoisotopic (exact) mass is 265 g/mol. The van der Waals surface area contributed by atoms with Crippen LogP contribution in [0.15, 0.2) is 18.3 Å². The number of amides is 1. The lowest BCUT2D eigenvalue weighted by atomic mass is 10.1. The molecule has 106 valence electrons. The molecule has 0 aliphatic heterocycles. The van der Waals surface area contributed by atoms with Gasteiger partial charge in [-0.1, -0.05) is 13.8 Å². The average Bonchev–Trinajstić information content (AvgIpc) is 2.47. The van der Waals surface area contributed by atoms with Gasteiger partial charge in [0.25, 0.3) is 5.91 Å². The Labute approximate surface area is 114 Å². The molecule has 19 heavy (non-hydrogen) atoms.